The van der Waals surface area contributed by atoms with Crippen molar-refractivity contribution in [2.75, 3.05) is 6.61 Å². The number of hydrogen-bond acceptors (Lipinski definition) is 4. The molecule has 1 amide bonds. The number of aliphatic hydroxyl groups is 1. The van der Waals surface area contributed by atoms with Crippen molar-refractivity contribution < 1.29 is 14.3 Å². The minimum atomic E-state index is -0.265. The van der Waals surface area contributed by atoms with Gasteiger partial charge < -0.3 is 19.0 Å². The van der Waals surface area contributed by atoms with Gasteiger partial charge in [-0.25, -0.2) is 4.98 Å². The largest absolute Gasteiger partial charge is 0.451 e. The molecule has 3 heterocycles. The fraction of sp³-hybridized carbons (Fsp3) is 0.294. The summed E-state index contributed by atoms with van der Waals surface area (Å²) in [5.41, 5.74) is 2.63. The first kappa shape index (κ1) is 14.0. The molecule has 118 valence electrons. The predicted molar refractivity (Wildman–Crippen MR) is 83.9 cm³/mol. The highest BCUT2D eigenvalue weighted by Gasteiger charge is 2.33. The van der Waals surface area contributed by atoms with Crippen LogP contribution in [0.5, 0.6) is 0 Å². The highest BCUT2D eigenvalue weighted by molar-refractivity contribution is 5.96. The van der Waals surface area contributed by atoms with Gasteiger partial charge in [0.2, 0.25) is 0 Å². The van der Waals surface area contributed by atoms with Crippen molar-refractivity contribution in [1.82, 2.24) is 14.5 Å². The zero-order valence-corrected chi connectivity index (χ0v) is 12.8. The molecule has 0 aliphatic carbocycles. The molecule has 1 unspecified atom stereocenters. The van der Waals surface area contributed by atoms with Gasteiger partial charge in [-0.15, -0.1) is 0 Å². The Bertz CT molecular complexity index is 847. The molecule has 0 saturated heterocycles. The van der Waals surface area contributed by atoms with Crippen molar-refractivity contribution in [2.45, 2.75) is 19.0 Å². The number of para-hydroxylation sites is 1. The number of furan rings is 1. The van der Waals surface area contributed by atoms with Gasteiger partial charge in [-0.2, -0.15) is 0 Å². The summed E-state index contributed by atoms with van der Waals surface area (Å²) in [6, 6.07) is 9.01. The quantitative estimate of drug-likeness (QED) is 0.782. The lowest BCUT2D eigenvalue weighted by Gasteiger charge is -2.33. The van der Waals surface area contributed by atoms with Crippen LogP contribution in [-0.4, -0.2) is 38.1 Å². The van der Waals surface area contributed by atoms with Gasteiger partial charge in [0.25, 0.3) is 5.91 Å². The van der Waals surface area contributed by atoms with Crippen LogP contribution in [0.3, 0.4) is 0 Å². The van der Waals surface area contributed by atoms with Crippen molar-refractivity contribution >= 4 is 16.9 Å². The van der Waals surface area contributed by atoms with E-state index in [2.05, 4.69) is 4.98 Å². The smallest absolute Gasteiger partial charge is 0.290 e. The lowest BCUT2D eigenvalue weighted by atomic mass is 10.0. The third-order valence-electron chi connectivity index (χ3n) is 4.44. The van der Waals surface area contributed by atoms with Crippen molar-refractivity contribution in [3.8, 4) is 0 Å². The van der Waals surface area contributed by atoms with Gasteiger partial charge in [-0.3, -0.25) is 4.79 Å². The molecule has 1 aliphatic heterocycles. The molecule has 1 N–H and O–H groups in total. The molecule has 0 radical (unpaired) electrons. The first-order chi connectivity index (χ1) is 11.2. The summed E-state index contributed by atoms with van der Waals surface area (Å²) < 4.78 is 7.62. The summed E-state index contributed by atoms with van der Waals surface area (Å²) in [5, 5.41) is 10.6. The summed E-state index contributed by atoms with van der Waals surface area (Å²) in [6.45, 7) is 0.299. The number of benzene rings is 1. The molecule has 6 nitrogen and oxygen atoms in total. The molecule has 0 saturated carbocycles. The van der Waals surface area contributed by atoms with Crippen molar-refractivity contribution in [1.29, 1.82) is 0 Å². The minimum absolute atomic E-state index is 0.0867. The normalized spacial score (nSPS) is 17.5. The summed E-state index contributed by atoms with van der Waals surface area (Å²) in [4.78, 5) is 18.8. The molecular formula is C17H17N3O3. The van der Waals surface area contributed by atoms with Crippen LogP contribution in [-0.2, 0) is 20.0 Å². The SMILES string of the molecule is Cn1cnc2c1CC(CO)N(C(=O)c1cc3ccccc3o1)C2. The Morgan fingerprint density at radius 3 is 3.04 bits per heavy atom. The number of aromatic nitrogens is 2. The van der Waals surface area contributed by atoms with E-state index in [1.807, 2.05) is 35.9 Å². The average molecular weight is 311 g/mol. The van der Waals surface area contributed by atoms with Crippen molar-refractivity contribution in [3.05, 3.63) is 53.8 Å². The Balaban J connectivity index is 1.69. The number of carbonyl (C=O) groups excluding carboxylic acids is 1. The predicted octanol–water partition coefficient (Wildman–Crippen LogP) is 1.73. The van der Waals surface area contributed by atoms with Crippen molar-refractivity contribution in [2.24, 2.45) is 7.05 Å². The maximum Gasteiger partial charge on any atom is 0.290 e. The highest BCUT2D eigenvalue weighted by Crippen LogP contribution is 2.26. The number of hydrogen-bond donors (Lipinski definition) is 1. The zero-order valence-electron chi connectivity index (χ0n) is 12.8. The third kappa shape index (κ3) is 2.22. The average Bonchev–Trinajstić information content (AvgIpc) is 3.16. The molecule has 1 aliphatic rings. The molecule has 6 heteroatoms. The molecule has 0 spiro atoms. The lowest BCUT2D eigenvalue weighted by molar-refractivity contribution is 0.0507. The third-order valence-corrected chi connectivity index (χ3v) is 4.44. The van der Waals surface area contributed by atoms with E-state index in [1.54, 1.807) is 17.3 Å². The fourth-order valence-electron chi connectivity index (χ4n) is 3.15. The molecule has 23 heavy (non-hydrogen) atoms. The van der Waals surface area contributed by atoms with E-state index >= 15 is 0 Å². The first-order valence-electron chi connectivity index (χ1n) is 7.57. The van der Waals surface area contributed by atoms with Crippen LogP contribution in [0.1, 0.15) is 21.9 Å². The van der Waals surface area contributed by atoms with Crippen LogP contribution in [0.4, 0.5) is 0 Å². The Morgan fingerprint density at radius 2 is 2.26 bits per heavy atom. The van der Waals surface area contributed by atoms with E-state index in [0.29, 0.717) is 24.3 Å². The number of aliphatic hydroxyl groups excluding tert-OH is 1. The maximum absolute atomic E-state index is 12.8. The monoisotopic (exact) mass is 311 g/mol. The molecule has 1 aromatic carbocycles. The minimum Gasteiger partial charge on any atom is -0.451 e. The van der Waals surface area contributed by atoms with E-state index in [1.165, 1.54) is 0 Å². The summed E-state index contributed by atoms with van der Waals surface area (Å²) in [7, 11) is 1.93. The Hall–Kier alpha value is -2.60. The van der Waals surface area contributed by atoms with E-state index in [-0.39, 0.29) is 18.6 Å². The highest BCUT2D eigenvalue weighted by atomic mass is 16.3. The zero-order chi connectivity index (χ0) is 16.0. The van der Waals surface area contributed by atoms with Gasteiger partial charge in [0.1, 0.15) is 5.58 Å². The first-order valence-corrected chi connectivity index (χ1v) is 7.57. The van der Waals surface area contributed by atoms with Crippen molar-refractivity contribution in [3.63, 3.8) is 0 Å². The topological polar surface area (TPSA) is 71.5 Å². The summed E-state index contributed by atoms with van der Waals surface area (Å²) in [5.74, 6) is 0.0839. The molecule has 2 aromatic heterocycles. The lowest BCUT2D eigenvalue weighted by Crippen LogP contribution is -2.46. The Labute approximate surface area is 133 Å². The van der Waals surface area contributed by atoms with E-state index in [4.69, 9.17) is 4.42 Å². The fourth-order valence-corrected chi connectivity index (χ4v) is 3.15. The number of nitrogens with zero attached hydrogens (tertiary/aromatic N) is 3. The summed E-state index contributed by atoms with van der Waals surface area (Å²) in [6.07, 6.45) is 2.34. The second kappa shape index (κ2) is 5.24. The molecule has 0 fully saturated rings. The Morgan fingerprint density at radius 1 is 1.43 bits per heavy atom. The second-order valence-corrected chi connectivity index (χ2v) is 5.87. The number of carbonyl (C=O) groups is 1. The molecular weight excluding hydrogens is 294 g/mol. The Kier molecular flexibility index (Phi) is 3.20. The number of aryl methyl sites for hydroxylation is 1. The van der Waals surface area contributed by atoms with Gasteiger partial charge >= 0.3 is 0 Å². The number of fused-ring (bicyclic) bond motifs is 2. The number of amides is 1. The molecule has 0 bridgehead atoms. The maximum atomic E-state index is 12.8. The summed E-state index contributed by atoms with van der Waals surface area (Å²) >= 11 is 0. The van der Waals surface area contributed by atoms with Crippen LogP contribution < -0.4 is 0 Å². The van der Waals surface area contributed by atoms with Gasteiger partial charge in [-0.1, -0.05) is 18.2 Å². The molecule has 3 aromatic rings. The molecule has 1 atom stereocenters. The number of rotatable bonds is 2. The van der Waals surface area contributed by atoms with Gasteiger partial charge in [0.05, 0.1) is 31.2 Å². The van der Waals surface area contributed by atoms with Crippen LogP contribution >= 0.6 is 0 Å². The second-order valence-electron chi connectivity index (χ2n) is 5.87. The molecule has 4 rings (SSSR count). The van der Waals surface area contributed by atoms with Gasteiger partial charge in [0.15, 0.2) is 5.76 Å². The van der Waals surface area contributed by atoms with Crippen LogP contribution in [0, 0.1) is 0 Å². The van der Waals surface area contributed by atoms with Gasteiger partial charge in [-0.05, 0) is 12.1 Å². The van der Waals surface area contributed by atoms with E-state index in [9.17, 15) is 9.90 Å². The van der Waals surface area contributed by atoms with Crippen LogP contribution in [0.2, 0.25) is 0 Å². The van der Waals surface area contributed by atoms with Crippen LogP contribution in [0.15, 0.2) is 41.1 Å². The van der Waals surface area contributed by atoms with Crippen LogP contribution in [0.25, 0.3) is 11.0 Å². The van der Waals surface area contributed by atoms with Gasteiger partial charge in [0, 0.05) is 24.5 Å². The van der Waals surface area contributed by atoms with E-state index < -0.39 is 0 Å². The van der Waals surface area contributed by atoms with E-state index in [0.717, 1.165) is 16.8 Å². The standard InChI is InChI=1S/C17H17N3O3/c1-19-10-18-13-8-20(12(9-21)7-14(13)19)17(22)16-6-11-4-2-3-5-15(11)23-16/h2-6,10,12,21H,7-9H2,1H3. The number of imidazole rings is 1.